The molecule has 0 aliphatic rings. The number of benzene rings is 2. The van der Waals surface area contributed by atoms with Gasteiger partial charge in [0.15, 0.2) is 17.6 Å². The molecular formula is C18H18BrClN2O4. The van der Waals surface area contributed by atoms with E-state index in [9.17, 15) is 4.79 Å². The summed E-state index contributed by atoms with van der Waals surface area (Å²) < 4.78 is 16.7. The highest BCUT2D eigenvalue weighted by atomic mass is 79.9. The number of hydrazone groups is 1. The van der Waals surface area contributed by atoms with Gasteiger partial charge >= 0.3 is 0 Å². The molecule has 0 aliphatic carbocycles. The summed E-state index contributed by atoms with van der Waals surface area (Å²) in [4.78, 5) is 12.1. The van der Waals surface area contributed by atoms with Crippen LogP contribution in [0.5, 0.6) is 17.2 Å². The molecule has 0 aromatic heterocycles. The van der Waals surface area contributed by atoms with Crippen LogP contribution in [0, 0.1) is 0 Å². The number of nitrogens with zero attached hydrogens (tertiary/aromatic N) is 1. The van der Waals surface area contributed by atoms with Crippen LogP contribution in [0.2, 0.25) is 5.02 Å². The van der Waals surface area contributed by atoms with E-state index in [4.69, 9.17) is 25.8 Å². The smallest absolute Gasteiger partial charge is 0.280 e. The molecule has 0 saturated carbocycles. The Labute approximate surface area is 165 Å². The van der Waals surface area contributed by atoms with E-state index in [0.29, 0.717) is 27.8 Å². The number of ether oxygens (including phenoxy) is 3. The van der Waals surface area contributed by atoms with Crippen molar-refractivity contribution in [3.8, 4) is 17.2 Å². The number of hydrogen-bond donors (Lipinski definition) is 1. The SMILES string of the molecule is COc1cc(Br)c(/C=N/NC(=O)C(C)Oc2ccc(Cl)cc2)cc1OC. The summed E-state index contributed by atoms with van der Waals surface area (Å²) in [5.74, 6) is 1.31. The highest BCUT2D eigenvalue weighted by molar-refractivity contribution is 9.10. The normalized spacial score (nSPS) is 11.9. The van der Waals surface area contributed by atoms with Crippen LogP contribution in [0.25, 0.3) is 0 Å². The summed E-state index contributed by atoms with van der Waals surface area (Å²) in [6.45, 7) is 1.63. The van der Waals surface area contributed by atoms with Crippen LogP contribution in [0.1, 0.15) is 12.5 Å². The maximum atomic E-state index is 12.1. The molecule has 2 rings (SSSR count). The second-order valence-electron chi connectivity index (χ2n) is 5.18. The number of hydrogen-bond acceptors (Lipinski definition) is 5. The van der Waals surface area contributed by atoms with Gasteiger partial charge in [-0.05, 0) is 59.3 Å². The Morgan fingerprint density at radius 1 is 1.19 bits per heavy atom. The molecule has 1 atom stereocenters. The number of methoxy groups -OCH3 is 2. The van der Waals surface area contributed by atoms with Crippen molar-refractivity contribution in [2.24, 2.45) is 5.10 Å². The maximum absolute atomic E-state index is 12.1. The molecule has 0 aliphatic heterocycles. The minimum Gasteiger partial charge on any atom is -0.493 e. The summed E-state index contributed by atoms with van der Waals surface area (Å²) in [5, 5.41) is 4.55. The lowest BCUT2D eigenvalue weighted by Gasteiger charge is -2.13. The molecule has 0 saturated heterocycles. The van der Waals surface area contributed by atoms with Crippen molar-refractivity contribution in [1.29, 1.82) is 0 Å². The molecule has 0 heterocycles. The first-order chi connectivity index (χ1) is 12.4. The summed E-state index contributed by atoms with van der Waals surface area (Å²) in [6, 6.07) is 10.3. The van der Waals surface area contributed by atoms with Gasteiger partial charge in [-0.2, -0.15) is 5.10 Å². The summed E-state index contributed by atoms with van der Waals surface area (Å²) in [5.41, 5.74) is 3.16. The predicted molar refractivity (Wildman–Crippen MR) is 105 cm³/mol. The average molecular weight is 442 g/mol. The van der Waals surface area contributed by atoms with Crippen molar-refractivity contribution in [2.45, 2.75) is 13.0 Å². The molecule has 138 valence electrons. The molecule has 26 heavy (non-hydrogen) atoms. The molecule has 6 nitrogen and oxygen atoms in total. The lowest BCUT2D eigenvalue weighted by Crippen LogP contribution is -2.33. The quantitative estimate of drug-likeness (QED) is 0.520. The van der Waals surface area contributed by atoms with Crippen molar-refractivity contribution >= 4 is 39.7 Å². The molecule has 8 heteroatoms. The highest BCUT2D eigenvalue weighted by Gasteiger charge is 2.14. The number of carbonyl (C=O) groups excluding carboxylic acids is 1. The van der Waals surface area contributed by atoms with Crippen molar-refractivity contribution < 1.29 is 19.0 Å². The van der Waals surface area contributed by atoms with Crippen LogP contribution in [0.15, 0.2) is 46.0 Å². The molecule has 2 aromatic rings. The fourth-order valence-corrected chi connectivity index (χ4v) is 2.55. The third-order valence-electron chi connectivity index (χ3n) is 3.38. The van der Waals surface area contributed by atoms with Crippen LogP contribution in [0.4, 0.5) is 0 Å². The Balaban J connectivity index is 1.98. The molecule has 0 radical (unpaired) electrons. The first-order valence-corrected chi connectivity index (χ1v) is 8.78. The maximum Gasteiger partial charge on any atom is 0.280 e. The average Bonchev–Trinajstić information content (AvgIpc) is 2.64. The number of nitrogens with one attached hydrogen (secondary N) is 1. The lowest BCUT2D eigenvalue weighted by molar-refractivity contribution is -0.127. The van der Waals surface area contributed by atoms with Crippen molar-refractivity contribution in [3.63, 3.8) is 0 Å². The van der Waals surface area contributed by atoms with Gasteiger partial charge in [-0.1, -0.05) is 11.6 Å². The van der Waals surface area contributed by atoms with E-state index in [-0.39, 0.29) is 5.91 Å². The van der Waals surface area contributed by atoms with Crippen LogP contribution in [-0.2, 0) is 4.79 Å². The molecule has 1 unspecified atom stereocenters. The second-order valence-corrected chi connectivity index (χ2v) is 6.47. The predicted octanol–water partition coefficient (Wildman–Crippen LogP) is 4.04. The van der Waals surface area contributed by atoms with Gasteiger partial charge in [-0.3, -0.25) is 4.79 Å². The Morgan fingerprint density at radius 2 is 1.81 bits per heavy atom. The zero-order valence-corrected chi connectivity index (χ0v) is 16.8. The van der Waals surface area contributed by atoms with Crippen LogP contribution < -0.4 is 19.6 Å². The molecule has 2 aromatic carbocycles. The molecule has 1 amide bonds. The summed E-state index contributed by atoms with van der Waals surface area (Å²) >= 11 is 9.24. The largest absolute Gasteiger partial charge is 0.493 e. The van der Waals surface area contributed by atoms with E-state index in [1.807, 2.05) is 0 Å². The first-order valence-electron chi connectivity index (χ1n) is 7.61. The van der Waals surface area contributed by atoms with Crippen LogP contribution >= 0.6 is 27.5 Å². The lowest BCUT2D eigenvalue weighted by atomic mass is 10.2. The first kappa shape index (κ1) is 20.1. The zero-order valence-electron chi connectivity index (χ0n) is 14.5. The van der Waals surface area contributed by atoms with Gasteiger partial charge in [0.25, 0.3) is 5.91 Å². The third kappa shape index (κ3) is 5.37. The number of carbonyl (C=O) groups is 1. The Morgan fingerprint density at radius 3 is 2.42 bits per heavy atom. The third-order valence-corrected chi connectivity index (χ3v) is 4.32. The fourth-order valence-electron chi connectivity index (χ4n) is 2.00. The van der Waals surface area contributed by atoms with Crippen LogP contribution in [0.3, 0.4) is 0 Å². The van der Waals surface area contributed by atoms with Crippen LogP contribution in [-0.4, -0.2) is 32.4 Å². The Kier molecular flexibility index (Phi) is 7.29. The summed E-state index contributed by atoms with van der Waals surface area (Å²) in [7, 11) is 3.10. The number of rotatable bonds is 7. The van der Waals surface area contributed by atoms with Crippen molar-refractivity contribution in [2.75, 3.05) is 14.2 Å². The minimum absolute atomic E-state index is 0.382. The monoisotopic (exact) mass is 440 g/mol. The second kappa shape index (κ2) is 9.45. The van der Waals surface area contributed by atoms with Gasteiger partial charge in [0, 0.05) is 15.1 Å². The fraction of sp³-hybridized carbons (Fsp3) is 0.222. The van der Waals surface area contributed by atoms with Gasteiger partial charge in [-0.25, -0.2) is 5.43 Å². The molecular weight excluding hydrogens is 424 g/mol. The van der Waals surface area contributed by atoms with Crippen molar-refractivity contribution in [1.82, 2.24) is 5.43 Å². The molecule has 1 N–H and O–H groups in total. The van der Waals surface area contributed by atoms with E-state index in [1.165, 1.54) is 6.21 Å². The van der Waals surface area contributed by atoms with Gasteiger partial charge in [0.2, 0.25) is 0 Å². The topological polar surface area (TPSA) is 69.2 Å². The Hall–Kier alpha value is -2.25. The van der Waals surface area contributed by atoms with Gasteiger partial charge in [-0.15, -0.1) is 0 Å². The van der Waals surface area contributed by atoms with Crippen molar-refractivity contribution in [3.05, 3.63) is 51.5 Å². The van der Waals surface area contributed by atoms with Gasteiger partial charge in [0.05, 0.1) is 20.4 Å². The van der Waals surface area contributed by atoms with E-state index < -0.39 is 6.10 Å². The van der Waals surface area contributed by atoms with E-state index >= 15 is 0 Å². The number of halogens is 2. The highest BCUT2D eigenvalue weighted by Crippen LogP contribution is 2.32. The van der Waals surface area contributed by atoms with E-state index in [2.05, 4.69) is 26.5 Å². The van der Waals surface area contributed by atoms with Gasteiger partial charge in [0.1, 0.15) is 5.75 Å². The standard InChI is InChI=1S/C18H18BrClN2O4/c1-11(26-14-6-4-13(20)5-7-14)18(23)22-21-10-12-8-16(24-2)17(25-3)9-15(12)19/h4-11H,1-3H3,(H,22,23)/b21-10+. The van der Waals surface area contributed by atoms with E-state index in [0.717, 1.165) is 4.47 Å². The summed E-state index contributed by atoms with van der Waals surface area (Å²) in [6.07, 6.45) is 0.779. The molecule has 0 fully saturated rings. The van der Waals surface area contributed by atoms with Gasteiger partial charge < -0.3 is 14.2 Å². The van der Waals surface area contributed by atoms with E-state index in [1.54, 1.807) is 57.5 Å². The zero-order chi connectivity index (χ0) is 19.1. The molecule has 0 bridgehead atoms. The Bertz CT molecular complexity index is 797. The number of amides is 1. The minimum atomic E-state index is -0.720. The molecule has 0 spiro atoms.